The Morgan fingerprint density at radius 1 is 0.840 bits per heavy atom. The lowest BCUT2D eigenvalue weighted by Crippen LogP contribution is -2.54. The number of esters is 1. The minimum absolute atomic E-state index is 0.293. The van der Waals surface area contributed by atoms with Crippen molar-refractivity contribution in [3.05, 3.63) is 71.8 Å². The van der Waals surface area contributed by atoms with Crippen molar-refractivity contribution >= 4 is 14.3 Å². The summed E-state index contributed by atoms with van der Waals surface area (Å²) in [4.78, 5) is 12.8. The van der Waals surface area contributed by atoms with Gasteiger partial charge in [-0.25, -0.2) is 0 Å². The minimum Gasteiger partial charge on any atom is -0.469 e. The number of ether oxygens (including phenoxy) is 1. The average molecular weight is 357 g/mol. The zero-order valence-corrected chi connectivity index (χ0v) is 17.0. The van der Waals surface area contributed by atoms with Crippen LogP contribution in [-0.2, 0) is 19.6 Å². The summed E-state index contributed by atoms with van der Waals surface area (Å²) in [5.74, 6) is -0.293. The molecule has 4 heteroatoms. The van der Waals surface area contributed by atoms with Crippen LogP contribution in [0.15, 0.2) is 60.7 Å². The molecular weight excluding hydrogens is 328 g/mol. The van der Waals surface area contributed by atoms with Crippen LogP contribution in [0.2, 0.25) is 19.6 Å². The zero-order valence-electron chi connectivity index (χ0n) is 16.0. The van der Waals surface area contributed by atoms with Gasteiger partial charge in [0.15, 0.2) is 8.32 Å². The molecule has 3 nitrogen and oxygen atoms in total. The van der Waals surface area contributed by atoms with Gasteiger partial charge in [-0.1, -0.05) is 60.7 Å². The molecule has 134 valence electrons. The Morgan fingerprint density at radius 2 is 1.24 bits per heavy atom. The fourth-order valence-electron chi connectivity index (χ4n) is 3.34. The highest BCUT2D eigenvalue weighted by molar-refractivity contribution is 6.69. The first kappa shape index (κ1) is 19.4. The van der Waals surface area contributed by atoms with E-state index in [0.29, 0.717) is 0 Å². The van der Waals surface area contributed by atoms with Gasteiger partial charge in [0.2, 0.25) is 0 Å². The van der Waals surface area contributed by atoms with E-state index in [4.69, 9.17) is 9.16 Å². The molecule has 0 saturated heterocycles. The van der Waals surface area contributed by atoms with Crippen molar-refractivity contribution in [2.75, 3.05) is 7.11 Å². The highest BCUT2D eigenvalue weighted by Crippen LogP contribution is 2.50. The summed E-state index contributed by atoms with van der Waals surface area (Å²) in [6.07, 6.45) is 0. The Labute approximate surface area is 152 Å². The molecule has 0 unspecified atom stereocenters. The third kappa shape index (κ3) is 3.70. The van der Waals surface area contributed by atoms with Gasteiger partial charge in [0.25, 0.3) is 0 Å². The van der Waals surface area contributed by atoms with E-state index < -0.39 is 19.3 Å². The van der Waals surface area contributed by atoms with E-state index in [2.05, 4.69) is 19.6 Å². The Balaban J connectivity index is 2.86. The van der Waals surface area contributed by atoms with Gasteiger partial charge in [0, 0.05) is 0 Å². The van der Waals surface area contributed by atoms with Crippen molar-refractivity contribution in [2.45, 2.75) is 39.1 Å². The molecule has 0 saturated carbocycles. The van der Waals surface area contributed by atoms with E-state index in [0.717, 1.165) is 11.1 Å². The molecule has 0 amide bonds. The van der Waals surface area contributed by atoms with E-state index in [1.165, 1.54) is 7.11 Å². The first-order chi connectivity index (χ1) is 11.6. The normalized spacial score (nSPS) is 12.7. The molecule has 25 heavy (non-hydrogen) atoms. The van der Waals surface area contributed by atoms with Gasteiger partial charge in [-0.05, 0) is 44.6 Å². The van der Waals surface area contributed by atoms with Crippen molar-refractivity contribution in [1.82, 2.24) is 0 Å². The van der Waals surface area contributed by atoms with Crippen LogP contribution in [-0.4, -0.2) is 21.4 Å². The topological polar surface area (TPSA) is 35.5 Å². The van der Waals surface area contributed by atoms with Crippen LogP contribution in [0.5, 0.6) is 0 Å². The lowest BCUT2D eigenvalue weighted by Gasteiger charge is -2.48. The lowest BCUT2D eigenvalue weighted by atomic mass is 9.67. The van der Waals surface area contributed by atoms with Crippen LogP contribution < -0.4 is 0 Å². The second-order valence-electron chi connectivity index (χ2n) is 7.74. The minimum atomic E-state index is -2.03. The zero-order chi connectivity index (χ0) is 18.7. The smallest absolute Gasteiger partial charge is 0.314 e. The molecule has 2 aromatic carbocycles. The number of carbonyl (C=O) groups excluding carboxylic acids is 1. The van der Waals surface area contributed by atoms with Crippen LogP contribution in [0.25, 0.3) is 0 Å². The van der Waals surface area contributed by atoms with Crippen LogP contribution in [0.4, 0.5) is 0 Å². The summed E-state index contributed by atoms with van der Waals surface area (Å²) in [6, 6.07) is 20.0. The maximum atomic E-state index is 12.8. The summed E-state index contributed by atoms with van der Waals surface area (Å²) < 4.78 is 12.0. The summed E-state index contributed by atoms with van der Waals surface area (Å²) in [6.45, 7) is 10.2. The molecular formula is C21H28O3Si. The van der Waals surface area contributed by atoms with Crippen LogP contribution in [0.3, 0.4) is 0 Å². The first-order valence-electron chi connectivity index (χ1n) is 8.55. The molecule has 2 rings (SSSR count). The molecule has 0 radical (unpaired) electrons. The van der Waals surface area contributed by atoms with E-state index in [-0.39, 0.29) is 5.97 Å². The lowest BCUT2D eigenvalue weighted by molar-refractivity contribution is -0.163. The van der Waals surface area contributed by atoms with Gasteiger partial charge in [0.1, 0.15) is 5.60 Å². The Bertz CT molecular complexity index is 663. The van der Waals surface area contributed by atoms with Crippen LogP contribution >= 0.6 is 0 Å². The Hall–Kier alpha value is -1.91. The molecule has 0 spiro atoms. The molecule has 0 aliphatic heterocycles. The van der Waals surface area contributed by atoms with E-state index in [1.54, 1.807) is 0 Å². The van der Waals surface area contributed by atoms with Gasteiger partial charge >= 0.3 is 5.97 Å². The van der Waals surface area contributed by atoms with Crippen molar-refractivity contribution < 1.29 is 14.0 Å². The molecule has 0 aliphatic rings. The number of hydrogen-bond acceptors (Lipinski definition) is 3. The molecule has 0 aromatic heterocycles. The quantitative estimate of drug-likeness (QED) is 0.541. The average Bonchev–Trinajstić information content (AvgIpc) is 2.59. The maximum Gasteiger partial charge on any atom is 0.314 e. The molecule has 0 N–H and O–H groups in total. The molecule has 0 atom stereocenters. The predicted molar refractivity (Wildman–Crippen MR) is 104 cm³/mol. The van der Waals surface area contributed by atoms with Gasteiger partial charge in [-0.2, -0.15) is 0 Å². The third-order valence-corrected chi connectivity index (χ3v) is 5.31. The largest absolute Gasteiger partial charge is 0.469 e. The molecule has 0 aliphatic carbocycles. The Kier molecular flexibility index (Phi) is 5.54. The Morgan fingerprint density at radius 3 is 1.56 bits per heavy atom. The number of rotatable bonds is 6. The van der Waals surface area contributed by atoms with E-state index in [9.17, 15) is 4.79 Å². The monoisotopic (exact) mass is 356 g/mol. The van der Waals surface area contributed by atoms with Crippen LogP contribution in [0, 0.1) is 5.41 Å². The molecule has 0 bridgehead atoms. The summed E-state index contributed by atoms with van der Waals surface area (Å²) in [5, 5.41) is 0. The second kappa shape index (κ2) is 7.14. The van der Waals surface area contributed by atoms with Crippen molar-refractivity contribution in [2.24, 2.45) is 5.41 Å². The van der Waals surface area contributed by atoms with Gasteiger partial charge in [-0.15, -0.1) is 0 Å². The van der Waals surface area contributed by atoms with Crippen molar-refractivity contribution in [1.29, 1.82) is 0 Å². The number of benzene rings is 2. The van der Waals surface area contributed by atoms with E-state index in [1.807, 2.05) is 74.5 Å². The molecule has 2 aromatic rings. The fraction of sp³-hybridized carbons (Fsp3) is 0.381. The standard InChI is InChI=1S/C21H28O3Si/c1-20(2,19(22)23-3)21(24-25(4,5)6,17-13-9-7-10-14-17)18-15-11-8-12-16-18/h7-16H,1-6H3. The predicted octanol–water partition coefficient (Wildman–Crippen LogP) is 4.98. The van der Waals surface area contributed by atoms with Crippen LogP contribution in [0.1, 0.15) is 25.0 Å². The fourth-order valence-corrected chi connectivity index (χ4v) is 4.75. The summed E-state index contributed by atoms with van der Waals surface area (Å²) in [7, 11) is -0.604. The summed E-state index contributed by atoms with van der Waals surface area (Å²) >= 11 is 0. The second-order valence-corrected chi connectivity index (χ2v) is 12.2. The number of carbonyl (C=O) groups is 1. The maximum absolute atomic E-state index is 12.8. The van der Waals surface area contributed by atoms with Gasteiger partial charge in [0.05, 0.1) is 12.5 Å². The summed E-state index contributed by atoms with van der Waals surface area (Å²) in [5.41, 5.74) is 0.0794. The first-order valence-corrected chi connectivity index (χ1v) is 12.0. The number of hydrogen-bond donors (Lipinski definition) is 0. The molecule has 0 fully saturated rings. The van der Waals surface area contributed by atoms with Gasteiger partial charge < -0.3 is 9.16 Å². The van der Waals surface area contributed by atoms with E-state index >= 15 is 0 Å². The van der Waals surface area contributed by atoms with Crippen molar-refractivity contribution in [3.63, 3.8) is 0 Å². The van der Waals surface area contributed by atoms with Gasteiger partial charge in [-0.3, -0.25) is 4.79 Å². The molecule has 0 heterocycles. The highest BCUT2D eigenvalue weighted by Gasteiger charge is 2.55. The highest BCUT2D eigenvalue weighted by atomic mass is 28.4. The van der Waals surface area contributed by atoms with Crippen molar-refractivity contribution in [3.8, 4) is 0 Å². The SMILES string of the molecule is COC(=O)C(C)(C)C(O[Si](C)(C)C)(c1ccccc1)c1ccccc1. The third-order valence-electron chi connectivity index (χ3n) is 4.40. The number of methoxy groups -OCH3 is 1.